The molecule has 2 N–H and O–H groups in total. The van der Waals surface area contributed by atoms with Crippen LogP contribution in [-0.2, 0) is 4.79 Å². The second-order valence-electron chi connectivity index (χ2n) is 6.82. The van der Waals surface area contributed by atoms with Gasteiger partial charge < -0.3 is 5.32 Å². The Morgan fingerprint density at radius 3 is 2.25 bits per heavy atom. The van der Waals surface area contributed by atoms with Gasteiger partial charge >= 0.3 is 0 Å². The lowest BCUT2D eigenvalue weighted by molar-refractivity contribution is -0.119. The van der Waals surface area contributed by atoms with Gasteiger partial charge in [-0.25, -0.2) is 5.43 Å². The third-order valence-electron chi connectivity index (χ3n) is 4.80. The standard InChI is InChI=1S/C21H21Cl2N3O2/c1-13(25-26-21(28)16-8-11-18(22)19(23)12-16)14-6-9-17(10-7-14)24-20(27)15-4-2-3-5-15/h6-12,15H,2-5H2,1H3,(H,24,27)(H,26,28)/b25-13+. The summed E-state index contributed by atoms with van der Waals surface area (Å²) in [6.45, 7) is 1.79. The molecular formula is C21H21Cl2N3O2. The summed E-state index contributed by atoms with van der Waals surface area (Å²) in [5.74, 6) is -0.164. The molecule has 0 aromatic heterocycles. The van der Waals surface area contributed by atoms with E-state index in [2.05, 4.69) is 15.8 Å². The average molecular weight is 418 g/mol. The molecule has 1 aliphatic rings. The molecule has 0 aliphatic heterocycles. The molecule has 0 unspecified atom stereocenters. The second kappa shape index (κ2) is 9.22. The average Bonchev–Trinajstić information content (AvgIpc) is 3.23. The Balaban J connectivity index is 1.60. The van der Waals surface area contributed by atoms with Crippen molar-refractivity contribution < 1.29 is 9.59 Å². The second-order valence-corrected chi connectivity index (χ2v) is 7.63. The van der Waals surface area contributed by atoms with Gasteiger partial charge in [0, 0.05) is 17.2 Å². The van der Waals surface area contributed by atoms with Gasteiger partial charge in [0.2, 0.25) is 5.91 Å². The first-order chi connectivity index (χ1) is 13.4. The maximum absolute atomic E-state index is 12.2. The minimum absolute atomic E-state index is 0.0875. The SMILES string of the molecule is C/C(=N\NC(=O)c1ccc(Cl)c(Cl)c1)c1ccc(NC(=O)C2CCCC2)cc1. The van der Waals surface area contributed by atoms with Crippen LogP contribution >= 0.6 is 23.2 Å². The highest BCUT2D eigenvalue weighted by molar-refractivity contribution is 6.42. The van der Waals surface area contributed by atoms with Crippen molar-refractivity contribution in [3.8, 4) is 0 Å². The monoisotopic (exact) mass is 417 g/mol. The lowest BCUT2D eigenvalue weighted by Gasteiger charge is -2.11. The van der Waals surface area contributed by atoms with Gasteiger partial charge in [0.1, 0.15) is 0 Å². The molecule has 2 aromatic carbocycles. The highest BCUT2D eigenvalue weighted by Crippen LogP contribution is 2.26. The summed E-state index contributed by atoms with van der Waals surface area (Å²) < 4.78 is 0. The normalized spacial score (nSPS) is 14.8. The first kappa shape index (κ1) is 20.4. The maximum atomic E-state index is 12.2. The van der Waals surface area contributed by atoms with E-state index in [0.29, 0.717) is 21.3 Å². The van der Waals surface area contributed by atoms with E-state index < -0.39 is 0 Å². The highest BCUT2D eigenvalue weighted by Gasteiger charge is 2.22. The van der Waals surface area contributed by atoms with Gasteiger partial charge in [-0.05, 0) is 55.7 Å². The number of hydrazone groups is 1. The van der Waals surface area contributed by atoms with E-state index in [1.54, 1.807) is 19.1 Å². The van der Waals surface area contributed by atoms with Gasteiger partial charge in [0.25, 0.3) is 5.91 Å². The molecule has 0 radical (unpaired) electrons. The fourth-order valence-electron chi connectivity index (χ4n) is 3.13. The summed E-state index contributed by atoms with van der Waals surface area (Å²) in [5.41, 5.74) is 5.12. The lowest BCUT2D eigenvalue weighted by Crippen LogP contribution is -2.20. The Kier molecular flexibility index (Phi) is 6.70. The number of nitrogens with zero attached hydrogens (tertiary/aromatic N) is 1. The number of hydrogen-bond acceptors (Lipinski definition) is 3. The van der Waals surface area contributed by atoms with Crippen LogP contribution in [0.3, 0.4) is 0 Å². The summed E-state index contributed by atoms with van der Waals surface area (Å²) in [6.07, 6.45) is 4.18. The van der Waals surface area contributed by atoms with Gasteiger partial charge in [-0.15, -0.1) is 0 Å². The van der Waals surface area contributed by atoms with Crippen molar-refractivity contribution in [2.75, 3.05) is 5.32 Å². The molecule has 2 amide bonds. The number of anilines is 1. The van der Waals surface area contributed by atoms with E-state index in [9.17, 15) is 9.59 Å². The molecule has 28 heavy (non-hydrogen) atoms. The molecule has 5 nitrogen and oxygen atoms in total. The molecule has 3 rings (SSSR count). The van der Waals surface area contributed by atoms with E-state index >= 15 is 0 Å². The number of hydrogen-bond donors (Lipinski definition) is 2. The quantitative estimate of drug-likeness (QED) is 0.513. The smallest absolute Gasteiger partial charge is 0.271 e. The molecule has 0 saturated heterocycles. The van der Waals surface area contributed by atoms with E-state index in [0.717, 1.165) is 36.9 Å². The number of carbonyl (C=O) groups excluding carboxylic acids is 2. The number of benzene rings is 2. The van der Waals surface area contributed by atoms with Gasteiger partial charge in [0.15, 0.2) is 0 Å². The fraction of sp³-hybridized carbons (Fsp3) is 0.286. The fourth-order valence-corrected chi connectivity index (χ4v) is 3.43. The first-order valence-corrected chi connectivity index (χ1v) is 9.90. The summed E-state index contributed by atoms with van der Waals surface area (Å²) >= 11 is 11.8. The lowest BCUT2D eigenvalue weighted by atomic mass is 10.1. The predicted molar refractivity (Wildman–Crippen MR) is 113 cm³/mol. The van der Waals surface area contributed by atoms with Crippen molar-refractivity contribution in [2.45, 2.75) is 32.6 Å². The summed E-state index contributed by atoms with van der Waals surface area (Å²) in [5, 5.41) is 7.79. The Labute approximate surface area is 174 Å². The summed E-state index contributed by atoms with van der Waals surface area (Å²) in [6, 6.07) is 12.0. The van der Waals surface area contributed by atoms with Crippen molar-refractivity contribution in [1.82, 2.24) is 5.43 Å². The Bertz CT molecular complexity index is 904. The zero-order valence-electron chi connectivity index (χ0n) is 15.5. The van der Waals surface area contributed by atoms with Crippen LogP contribution in [0.25, 0.3) is 0 Å². The largest absolute Gasteiger partial charge is 0.326 e. The highest BCUT2D eigenvalue weighted by atomic mass is 35.5. The van der Waals surface area contributed by atoms with Crippen LogP contribution in [-0.4, -0.2) is 17.5 Å². The van der Waals surface area contributed by atoms with E-state index in [4.69, 9.17) is 23.2 Å². The van der Waals surface area contributed by atoms with Crippen molar-refractivity contribution in [2.24, 2.45) is 11.0 Å². The van der Waals surface area contributed by atoms with Crippen LogP contribution < -0.4 is 10.7 Å². The van der Waals surface area contributed by atoms with Crippen molar-refractivity contribution in [1.29, 1.82) is 0 Å². The third-order valence-corrected chi connectivity index (χ3v) is 5.54. The van der Waals surface area contributed by atoms with Crippen LogP contribution in [0.2, 0.25) is 10.0 Å². The number of halogens is 2. The van der Waals surface area contributed by atoms with Crippen molar-refractivity contribution >= 4 is 46.4 Å². The molecule has 7 heteroatoms. The Morgan fingerprint density at radius 2 is 1.61 bits per heavy atom. The van der Waals surface area contributed by atoms with Crippen molar-refractivity contribution in [3.63, 3.8) is 0 Å². The van der Waals surface area contributed by atoms with E-state index in [-0.39, 0.29) is 17.7 Å². The molecule has 0 spiro atoms. The van der Waals surface area contributed by atoms with Crippen LogP contribution in [0, 0.1) is 5.92 Å². The predicted octanol–water partition coefficient (Wildman–Crippen LogP) is 5.28. The topological polar surface area (TPSA) is 70.6 Å². The molecule has 1 saturated carbocycles. The number of rotatable bonds is 5. The van der Waals surface area contributed by atoms with Crippen LogP contribution in [0.15, 0.2) is 47.6 Å². The van der Waals surface area contributed by atoms with E-state index in [1.165, 1.54) is 6.07 Å². The van der Waals surface area contributed by atoms with Crippen molar-refractivity contribution in [3.05, 3.63) is 63.6 Å². The molecule has 0 heterocycles. The molecule has 0 atom stereocenters. The maximum Gasteiger partial charge on any atom is 0.271 e. The van der Waals surface area contributed by atoms with Crippen LogP contribution in [0.1, 0.15) is 48.5 Å². The Hall–Kier alpha value is -2.37. The van der Waals surface area contributed by atoms with Crippen LogP contribution in [0.4, 0.5) is 5.69 Å². The van der Waals surface area contributed by atoms with Gasteiger partial charge in [-0.3, -0.25) is 9.59 Å². The summed E-state index contributed by atoms with van der Waals surface area (Å²) in [7, 11) is 0. The Morgan fingerprint density at radius 1 is 0.964 bits per heavy atom. The minimum Gasteiger partial charge on any atom is -0.326 e. The summed E-state index contributed by atoms with van der Waals surface area (Å²) in [4.78, 5) is 24.4. The number of carbonyl (C=O) groups is 2. The van der Waals surface area contributed by atoms with Gasteiger partial charge in [-0.1, -0.05) is 48.2 Å². The molecule has 0 bridgehead atoms. The molecule has 1 fully saturated rings. The minimum atomic E-state index is -0.377. The zero-order valence-corrected chi connectivity index (χ0v) is 17.0. The number of amides is 2. The molecule has 2 aromatic rings. The first-order valence-electron chi connectivity index (χ1n) is 9.15. The van der Waals surface area contributed by atoms with E-state index in [1.807, 2.05) is 24.3 Å². The number of nitrogens with one attached hydrogen (secondary N) is 2. The molecule has 146 valence electrons. The molecular weight excluding hydrogens is 397 g/mol. The zero-order chi connectivity index (χ0) is 20.1. The molecule has 1 aliphatic carbocycles. The van der Waals surface area contributed by atoms with Crippen LogP contribution in [0.5, 0.6) is 0 Å². The third kappa shape index (κ3) is 5.12. The van der Waals surface area contributed by atoms with Gasteiger partial charge in [-0.2, -0.15) is 5.10 Å². The van der Waals surface area contributed by atoms with Gasteiger partial charge in [0.05, 0.1) is 15.8 Å².